The van der Waals surface area contributed by atoms with Gasteiger partial charge >= 0.3 is 0 Å². The van der Waals surface area contributed by atoms with Gasteiger partial charge in [-0.2, -0.15) is 10.2 Å². The van der Waals surface area contributed by atoms with Crippen molar-refractivity contribution in [3.05, 3.63) is 99.6 Å². The normalized spacial score (nSPS) is 11.4. The molecule has 0 radical (unpaired) electrons. The van der Waals surface area contributed by atoms with Crippen LogP contribution in [-0.4, -0.2) is 33.1 Å². The molecule has 1 aromatic heterocycles. The Morgan fingerprint density at radius 1 is 0.972 bits per heavy atom. The van der Waals surface area contributed by atoms with E-state index < -0.39 is 17.2 Å². The molecule has 0 fully saturated rings. The van der Waals surface area contributed by atoms with E-state index in [-0.39, 0.29) is 28.1 Å². The van der Waals surface area contributed by atoms with Crippen LogP contribution < -0.4 is 16.3 Å². The number of carbonyl (C=O) groups is 1. The van der Waals surface area contributed by atoms with Crippen LogP contribution in [0.2, 0.25) is 0 Å². The molecule has 10 heteroatoms. The van der Waals surface area contributed by atoms with Gasteiger partial charge in [-0.1, -0.05) is 0 Å². The molecule has 182 valence electrons. The van der Waals surface area contributed by atoms with Crippen molar-refractivity contribution >= 4 is 34.9 Å². The van der Waals surface area contributed by atoms with E-state index in [4.69, 9.17) is 0 Å². The first-order valence-electron chi connectivity index (χ1n) is 10.9. The summed E-state index contributed by atoms with van der Waals surface area (Å²) >= 11 is 0. The Morgan fingerprint density at radius 2 is 1.56 bits per heavy atom. The molecule has 3 aromatic carbocycles. The monoisotopic (exact) mass is 487 g/mol. The van der Waals surface area contributed by atoms with Crippen molar-refractivity contribution in [2.24, 2.45) is 10.2 Å². The zero-order valence-electron chi connectivity index (χ0n) is 19.1. The van der Waals surface area contributed by atoms with Gasteiger partial charge in [-0.05, 0) is 78.7 Å². The number of benzene rings is 3. The number of hydrazone groups is 2. The van der Waals surface area contributed by atoms with E-state index >= 15 is 0 Å². The number of phenolic OH excluding ortho intramolecular Hbond substituents is 2. The molecule has 0 saturated carbocycles. The van der Waals surface area contributed by atoms with Crippen LogP contribution >= 0.6 is 0 Å². The molecule has 0 spiro atoms. The van der Waals surface area contributed by atoms with Gasteiger partial charge in [0, 0.05) is 18.1 Å². The smallest absolute Gasteiger partial charge is 0.276 e. The summed E-state index contributed by atoms with van der Waals surface area (Å²) in [6.07, 6.45) is 4.23. The van der Waals surface area contributed by atoms with Gasteiger partial charge in [0.25, 0.3) is 5.91 Å². The summed E-state index contributed by atoms with van der Waals surface area (Å²) < 4.78 is 16.5. The molecule has 1 heterocycles. The molecular weight excluding hydrogens is 465 g/mol. The fraction of sp³-hybridized carbons (Fsp3) is 0.0769. The van der Waals surface area contributed by atoms with E-state index in [0.717, 1.165) is 6.07 Å². The van der Waals surface area contributed by atoms with Gasteiger partial charge in [-0.15, -0.1) is 0 Å². The van der Waals surface area contributed by atoms with Gasteiger partial charge in [0.1, 0.15) is 22.9 Å². The fourth-order valence-electron chi connectivity index (χ4n) is 3.44. The Hall–Kier alpha value is -4.99. The lowest BCUT2D eigenvalue weighted by atomic mass is 10.1. The second-order valence-corrected chi connectivity index (χ2v) is 7.76. The molecule has 4 rings (SSSR count). The maximum atomic E-state index is 14.8. The molecular formula is C26H22FN5O4. The van der Waals surface area contributed by atoms with E-state index in [0.29, 0.717) is 23.2 Å². The van der Waals surface area contributed by atoms with E-state index in [9.17, 15) is 24.2 Å². The van der Waals surface area contributed by atoms with Crippen LogP contribution in [0.1, 0.15) is 28.4 Å². The van der Waals surface area contributed by atoms with Crippen LogP contribution in [0, 0.1) is 5.82 Å². The Bertz CT molecular complexity index is 1530. The van der Waals surface area contributed by atoms with Crippen molar-refractivity contribution in [2.75, 3.05) is 5.43 Å². The number of aromatic nitrogens is 1. The first kappa shape index (κ1) is 24.1. The lowest BCUT2D eigenvalue weighted by Crippen LogP contribution is -2.27. The van der Waals surface area contributed by atoms with Crippen LogP contribution in [0.5, 0.6) is 11.5 Å². The number of amides is 1. The minimum atomic E-state index is -0.736. The predicted octanol–water partition coefficient (Wildman–Crippen LogP) is 3.78. The summed E-state index contributed by atoms with van der Waals surface area (Å²) in [6.45, 7) is 2.24. The molecule has 0 saturated heterocycles. The highest BCUT2D eigenvalue weighted by molar-refractivity contribution is 5.98. The number of hydrogen-bond acceptors (Lipinski definition) is 7. The Kier molecular flexibility index (Phi) is 7.05. The van der Waals surface area contributed by atoms with Gasteiger partial charge < -0.3 is 14.8 Å². The number of anilines is 1. The molecule has 0 aliphatic heterocycles. The second kappa shape index (κ2) is 10.5. The topological polar surface area (TPSA) is 128 Å². The molecule has 0 aliphatic carbocycles. The number of pyridine rings is 1. The predicted molar refractivity (Wildman–Crippen MR) is 136 cm³/mol. The Morgan fingerprint density at radius 3 is 2.14 bits per heavy atom. The number of aryl methyl sites for hydroxylation is 1. The zero-order chi connectivity index (χ0) is 25.7. The summed E-state index contributed by atoms with van der Waals surface area (Å²) in [5, 5.41) is 26.6. The summed E-state index contributed by atoms with van der Waals surface area (Å²) in [4.78, 5) is 25.7. The summed E-state index contributed by atoms with van der Waals surface area (Å²) in [6, 6.07) is 15.0. The third-order valence-corrected chi connectivity index (χ3v) is 5.32. The van der Waals surface area contributed by atoms with Crippen LogP contribution in [0.25, 0.3) is 10.9 Å². The number of rotatable bonds is 7. The maximum Gasteiger partial charge on any atom is 0.276 e. The largest absolute Gasteiger partial charge is 0.508 e. The van der Waals surface area contributed by atoms with Crippen LogP contribution in [0.3, 0.4) is 0 Å². The van der Waals surface area contributed by atoms with Crippen molar-refractivity contribution in [1.82, 2.24) is 9.99 Å². The lowest BCUT2D eigenvalue weighted by Gasteiger charge is -2.13. The van der Waals surface area contributed by atoms with Crippen molar-refractivity contribution in [3.8, 4) is 11.5 Å². The third kappa shape index (κ3) is 5.39. The fourth-order valence-corrected chi connectivity index (χ4v) is 3.44. The van der Waals surface area contributed by atoms with E-state index in [1.807, 2.05) is 6.92 Å². The summed E-state index contributed by atoms with van der Waals surface area (Å²) in [7, 11) is 0. The highest BCUT2D eigenvalue weighted by Crippen LogP contribution is 2.22. The quantitative estimate of drug-likeness (QED) is 0.233. The molecule has 0 atom stereocenters. The van der Waals surface area contributed by atoms with E-state index in [1.54, 1.807) is 28.8 Å². The standard InChI is InChI=1S/C26H22FN5O4/c1-2-32-15-21(26(36)31-29-14-17-5-9-19(34)10-6-17)25(35)20-11-22(27)23(12-24(20)32)30-28-13-16-3-7-18(33)8-4-16/h3-15,30,33-34H,2H2,1H3,(H,31,36)/b28-13+,29-14+. The van der Waals surface area contributed by atoms with Crippen molar-refractivity contribution in [3.63, 3.8) is 0 Å². The molecule has 0 unspecified atom stereocenters. The first-order chi connectivity index (χ1) is 17.4. The number of carbonyl (C=O) groups excluding carboxylic acids is 1. The number of nitrogens with one attached hydrogen (secondary N) is 2. The summed E-state index contributed by atoms with van der Waals surface area (Å²) in [5.41, 5.74) is 5.91. The Balaban J connectivity index is 1.59. The van der Waals surface area contributed by atoms with Crippen LogP contribution in [0.15, 0.2) is 81.9 Å². The van der Waals surface area contributed by atoms with Crippen molar-refractivity contribution in [1.29, 1.82) is 0 Å². The SMILES string of the molecule is CCn1cc(C(=O)N/N=C/c2ccc(O)cc2)c(=O)c2cc(F)c(N/N=C/c3ccc(O)cc3)cc21. The van der Waals surface area contributed by atoms with Crippen molar-refractivity contribution < 1.29 is 19.4 Å². The minimum Gasteiger partial charge on any atom is -0.508 e. The number of fused-ring (bicyclic) bond motifs is 1. The van der Waals surface area contributed by atoms with E-state index in [1.165, 1.54) is 49.0 Å². The van der Waals surface area contributed by atoms with Gasteiger partial charge in [-0.25, -0.2) is 9.82 Å². The number of halogens is 1. The lowest BCUT2D eigenvalue weighted by molar-refractivity contribution is 0.0953. The van der Waals surface area contributed by atoms with Gasteiger partial charge in [0.2, 0.25) is 5.43 Å². The number of aromatic hydroxyl groups is 2. The van der Waals surface area contributed by atoms with E-state index in [2.05, 4.69) is 21.1 Å². The highest BCUT2D eigenvalue weighted by atomic mass is 19.1. The third-order valence-electron chi connectivity index (χ3n) is 5.32. The molecule has 36 heavy (non-hydrogen) atoms. The Labute approximate surface area is 204 Å². The number of phenols is 2. The maximum absolute atomic E-state index is 14.8. The molecule has 0 bridgehead atoms. The molecule has 4 N–H and O–H groups in total. The second-order valence-electron chi connectivity index (χ2n) is 7.76. The zero-order valence-corrected chi connectivity index (χ0v) is 19.1. The highest BCUT2D eigenvalue weighted by Gasteiger charge is 2.17. The first-order valence-corrected chi connectivity index (χ1v) is 10.9. The van der Waals surface area contributed by atoms with Crippen LogP contribution in [-0.2, 0) is 6.54 Å². The molecule has 4 aromatic rings. The average molecular weight is 487 g/mol. The number of hydrogen-bond donors (Lipinski definition) is 4. The van der Waals surface area contributed by atoms with Gasteiger partial charge in [0.05, 0.1) is 23.6 Å². The number of nitrogens with zero attached hydrogens (tertiary/aromatic N) is 3. The minimum absolute atomic E-state index is 0.0394. The summed E-state index contributed by atoms with van der Waals surface area (Å²) in [5.74, 6) is -1.23. The average Bonchev–Trinajstić information content (AvgIpc) is 2.87. The molecule has 0 aliphatic rings. The molecule has 1 amide bonds. The van der Waals surface area contributed by atoms with Crippen molar-refractivity contribution in [2.45, 2.75) is 13.5 Å². The van der Waals surface area contributed by atoms with Gasteiger partial charge in [-0.3, -0.25) is 15.0 Å². The van der Waals surface area contributed by atoms with Crippen LogP contribution in [0.4, 0.5) is 10.1 Å². The van der Waals surface area contributed by atoms with Gasteiger partial charge in [0.15, 0.2) is 0 Å². The molecule has 9 nitrogen and oxygen atoms in total.